The largest absolute Gasteiger partial charge is 0.445 e. The number of sulfonamides is 1. The maximum Gasteiger partial charge on any atom is 0.407 e. The molecule has 0 heterocycles. The number of alkyl carbamates (subject to hydrolysis) is 1. The summed E-state index contributed by atoms with van der Waals surface area (Å²) in [4.78, 5) is 35.0. The number of amides is 2. The van der Waals surface area contributed by atoms with Crippen molar-refractivity contribution in [2.45, 2.75) is 37.3 Å². The molecule has 3 N–H and O–H groups in total. The van der Waals surface area contributed by atoms with Gasteiger partial charge in [0.2, 0.25) is 15.9 Å². The van der Waals surface area contributed by atoms with E-state index in [-0.39, 0.29) is 36.6 Å². The Kier molecular flexibility index (Phi) is 9.91. The number of nitrogens with one attached hydrogen (secondary N) is 3. The Hall–Kier alpha value is -4.29. The molecule has 199 valence electrons. The van der Waals surface area contributed by atoms with Gasteiger partial charge in [0.25, 0.3) is 5.69 Å². The van der Waals surface area contributed by atoms with Gasteiger partial charge in [-0.05, 0) is 49.1 Å². The van der Waals surface area contributed by atoms with Crippen LogP contribution in [-0.4, -0.2) is 37.9 Å². The number of nitro benzene ring substituents is 1. The van der Waals surface area contributed by atoms with E-state index in [4.69, 9.17) is 4.74 Å². The van der Waals surface area contributed by atoms with Gasteiger partial charge in [-0.15, -0.1) is 0 Å². The molecule has 3 rings (SSSR count). The van der Waals surface area contributed by atoms with E-state index in [0.717, 1.165) is 35.4 Å². The van der Waals surface area contributed by atoms with Crippen molar-refractivity contribution < 1.29 is 27.7 Å². The van der Waals surface area contributed by atoms with Gasteiger partial charge in [0.05, 0.1) is 9.82 Å². The zero-order valence-corrected chi connectivity index (χ0v) is 21.4. The fourth-order valence-electron chi connectivity index (χ4n) is 3.39. The normalized spacial score (nSPS) is 11.8. The zero-order chi connectivity index (χ0) is 27.5. The van der Waals surface area contributed by atoms with Crippen LogP contribution in [0, 0.1) is 23.1 Å². The Labute approximate surface area is 220 Å². The molecule has 3 aromatic rings. The topological polar surface area (TPSA) is 157 Å². The molecule has 3 aromatic carbocycles. The molecule has 1 atom stereocenters. The Morgan fingerprint density at radius 1 is 1.03 bits per heavy atom. The lowest BCUT2D eigenvalue weighted by Gasteiger charge is -2.19. The quantitative estimate of drug-likeness (QED) is 0.180. The number of ether oxygens (including phenoxy) is 1. The van der Waals surface area contributed by atoms with E-state index in [0.29, 0.717) is 5.69 Å². The highest BCUT2D eigenvalue weighted by atomic mass is 32.2. The van der Waals surface area contributed by atoms with E-state index in [1.807, 2.05) is 30.3 Å². The number of hydrogen-bond donors (Lipinski definition) is 3. The highest BCUT2D eigenvalue weighted by molar-refractivity contribution is 7.89. The monoisotopic (exact) mass is 539 g/mol. The minimum Gasteiger partial charge on any atom is -0.445 e. The van der Waals surface area contributed by atoms with Crippen LogP contribution in [0.4, 0.5) is 16.2 Å². The number of aryl methyl sites for hydroxylation is 1. The SMILES string of the molecule is Cc1[c]c(NC(=O)[C@H](CCCNC(=O)OCc2ccccc2)NS(=O)(=O)c2ccc([N+](=O)[O-])cc2)ccc1. The second-order valence-electron chi connectivity index (χ2n) is 8.29. The van der Waals surface area contributed by atoms with E-state index < -0.39 is 33.0 Å². The van der Waals surface area contributed by atoms with Crippen LogP contribution >= 0.6 is 0 Å². The molecule has 0 saturated carbocycles. The smallest absolute Gasteiger partial charge is 0.407 e. The molecule has 0 aromatic heterocycles. The van der Waals surface area contributed by atoms with Gasteiger partial charge in [-0.1, -0.05) is 42.5 Å². The molecule has 0 fully saturated rings. The molecule has 11 nitrogen and oxygen atoms in total. The molecular weight excluding hydrogens is 512 g/mol. The lowest BCUT2D eigenvalue weighted by Crippen LogP contribution is -2.44. The number of hydrogen-bond acceptors (Lipinski definition) is 7. The summed E-state index contributed by atoms with van der Waals surface area (Å²) >= 11 is 0. The summed E-state index contributed by atoms with van der Waals surface area (Å²) in [5, 5.41) is 16.1. The standard InChI is InChI=1S/C26H27N4O7S/c1-19-7-5-10-21(17-19)28-25(31)24(29-38(35,36)23-14-12-22(13-15-23)30(33)34)11-6-16-27-26(32)37-18-20-8-3-2-4-9-20/h2-5,7-10,12-15,24,29H,6,11,16,18H2,1H3,(H,27,32)(H,28,31)/t24-/m0/s1. The molecule has 0 aliphatic heterocycles. The molecule has 12 heteroatoms. The first-order valence-corrected chi connectivity index (χ1v) is 13.1. The van der Waals surface area contributed by atoms with Crippen LogP contribution in [-0.2, 0) is 26.2 Å². The highest BCUT2D eigenvalue weighted by Crippen LogP contribution is 2.17. The zero-order valence-electron chi connectivity index (χ0n) is 20.5. The minimum absolute atomic E-state index is 0.0445. The van der Waals surface area contributed by atoms with Crippen LogP contribution in [0.1, 0.15) is 24.0 Å². The molecule has 0 aliphatic carbocycles. The van der Waals surface area contributed by atoms with E-state index in [9.17, 15) is 28.1 Å². The molecule has 38 heavy (non-hydrogen) atoms. The van der Waals surface area contributed by atoms with Crippen molar-refractivity contribution in [2.75, 3.05) is 11.9 Å². The average molecular weight is 540 g/mol. The average Bonchev–Trinajstić information content (AvgIpc) is 2.89. The van der Waals surface area contributed by atoms with Gasteiger partial charge in [0.1, 0.15) is 12.6 Å². The maximum atomic E-state index is 13.0. The number of carbonyl (C=O) groups is 2. The van der Waals surface area contributed by atoms with Gasteiger partial charge in [-0.2, -0.15) is 4.72 Å². The number of benzene rings is 3. The fraction of sp³-hybridized carbons (Fsp3) is 0.231. The van der Waals surface area contributed by atoms with Gasteiger partial charge in [0, 0.05) is 30.4 Å². The van der Waals surface area contributed by atoms with Crippen molar-refractivity contribution in [3.8, 4) is 0 Å². The molecular formula is C26H27N4O7S. The van der Waals surface area contributed by atoms with Crippen LogP contribution in [0.15, 0.2) is 77.7 Å². The van der Waals surface area contributed by atoms with Crippen LogP contribution < -0.4 is 15.4 Å². The summed E-state index contributed by atoms with van der Waals surface area (Å²) in [7, 11) is -4.20. The molecule has 1 radical (unpaired) electrons. The third-order valence-electron chi connectivity index (χ3n) is 5.32. The Morgan fingerprint density at radius 2 is 1.74 bits per heavy atom. The molecule has 0 bridgehead atoms. The van der Waals surface area contributed by atoms with Crippen molar-refractivity contribution in [3.63, 3.8) is 0 Å². The van der Waals surface area contributed by atoms with E-state index in [2.05, 4.69) is 21.4 Å². The molecule has 0 unspecified atom stereocenters. The summed E-state index contributed by atoms with van der Waals surface area (Å²) in [6, 6.07) is 20.4. The van der Waals surface area contributed by atoms with Gasteiger partial charge in [-0.3, -0.25) is 14.9 Å². The van der Waals surface area contributed by atoms with Crippen LogP contribution in [0.25, 0.3) is 0 Å². The third-order valence-corrected chi connectivity index (χ3v) is 6.81. The predicted molar refractivity (Wildman–Crippen MR) is 140 cm³/mol. The number of anilines is 1. The summed E-state index contributed by atoms with van der Waals surface area (Å²) < 4.78 is 33.4. The highest BCUT2D eigenvalue weighted by Gasteiger charge is 2.26. The predicted octanol–water partition coefficient (Wildman–Crippen LogP) is 3.70. The Morgan fingerprint density at radius 3 is 2.39 bits per heavy atom. The first-order chi connectivity index (χ1) is 18.1. The van der Waals surface area contributed by atoms with Crippen LogP contribution in [0.2, 0.25) is 0 Å². The van der Waals surface area contributed by atoms with Crippen molar-refractivity contribution in [1.29, 1.82) is 0 Å². The van der Waals surface area contributed by atoms with Gasteiger partial charge >= 0.3 is 6.09 Å². The van der Waals surface area contributed by atoms with E-state index >= 15 is 0 Å². The van der Waals surface area contributed by atoms with Crippen LogP contribution in [0.3, 0.4) is 0 Å². The van der Waals surface area contributed by atoms with Crippen molar-refractivity contribution in [3.05, 3.63) is 100 Å². The molecule has 0 aliphatic rings. The summed E-state index contributed by atoms with van der Waals surface area (Å²) in [5.41, 5.74) is 1.72. The molecule has 0 spiro atoms. The fourth-order valence-corrected chi connectivity index (χ4v) is 4.62. The van der Waals surface area contributed by atoms with Crippen molar-refractivity contribution >= 4 is 33.4 Å². The Balaban J connectivity index is 1.63. The number of nitrogens with zero attached hydrogens (tertiary/aromatic N) is 1. The molecule has 0 saturated heterocycles. The Bertz CT molecular complexity index is 1360. The summed E-state index contributed by atoms with van der Waals surface area (Å²) in [6.07, 6.45) is -0.350. The van der Waals surface area contributed by atoms with Gasteiger partial charge in [-0.25, -0.2) is 13.2 Å². The molecule has 2 amide bonds. The second-order valence-corrected chi connectivity index (χ2v) is 10.0. The first-order valence-electron chi connectivity index (χ1n) is 11.7. The summed E-state index contributed by atoms with van der Waals surface area (Å²) in [6.45, 7) is 2.03. The maximum absolute atomic E-state index is 13.0. The summed E-state index contributed by atoms with van der Waals surface area (Å²) in [5.74, 6) is -0.621. The van der Waals surface area contributed by atoms with E-state index in [1.165, 1.54) is 0 Å². The van der Waals surface area contributed by atoms with Crippen molar-refractivity contribution in [2.24, 2.45) is 0 Å². The second kappa shape index (κ2) is 13.3. The number of non-ortho nitro benzene ring substituents is 1. The van der Waals surface area contributed by atoms with Crippen molar-refractivity contribution in [1.82, 2.24) is 10.0 Å². The number of nitro groups is 1. The number of carbonyl (C=O) groups excluding carboxylic acids is 2. The third kappa shape index (κ3) is 8.68. The lowest BCUT2D eigenvalue weighted by molar-refractivity contribution is -0.384. The van der Waals surface area contributed by atoms with Gasteiger partial charge < -0.3 is 15.4 Å². The minimum atomic E-state index is -4.20. The lowest BCUT2D eigenvalue weighted by atomic mass is 10.1. The van der Waals surface area contributed by atoms with Gasteiger partial charge in [0.15, 0.2) is 0 Å². The number of rotatable bonds is 12. The van der Waals surface area contributed by atoms with Crippen LogP contribution in [0.5, 0.6) is 0 Å². The van der Waals surface area contributed by atoms with E-state index in [1.54, 1.807) is 25.1 Å². The first kappa shape index (κ1) is 28.3.